The summed E-state index contributed by atoms with van der Waals surface area (Å²) >= 11 is 0. The Kier molecular flexibility index (Phi) is 4.36. The molecule has 2 aromatic rings. The largest absolute Gasteiger partial charge is 0.497 e. The number of nitrogens with zero attached hydrogens (tertiary/aromatic N) is 1. The van der Waals surface area contributed by atoms with Crippen molar-refractivity contribution >= 4 is 16.9 Å². The summed E-state index contributed by atoms with van der Waals surface area (Å²) in [6.45, 7) is 3.88. The van der Waals surface area contributed by atoms with Gasteiger partial charge in [0.15, 0.2) is 0 Å². The lowest BCUT2D eigenvalue weighted by Crippen LogP contribution is -2.34. The lowest BCUT2D eigenvalue weighted by Gasteiger charge is -2.21. The quantitative estimate of drug-likeness (QED) is 0.784. The van der Waals surface area contributed by atoms with Crippen molar-refractivity contribution in [2.75, 3.05) is 20.2 Å². The van der Waals surface area contributed by atoms with Crippen molar-refractivity contribution in [3.63, 3.8) is 0 Å². The number of fused-ring (bicyclic) bond motifs is 1. The minimum absolute atomic E-state index is 0.201. The smallest absolute Gasteiger partial charge is 0.227 e. The van der Waals surface area contributed by atoms with Crippen LogP contribution in [0.5, 0.6) is 5.75 Å². The van der Waals surface area contributed by atoms with Gasteiger partial charge in [0.2, 0.25) is 5.91 Å². The van der Waals surface area contributed by atoms with E-state index in [0.717, 1.165) is 47.7 Å². The monoisotopic (exact) mass is 301 g/mol. The summed E-state index contributed by atoms with van der Waals surface area (Å²) < 4.78 is 10.8. The van der Waals surface area contributed by atoms with Crippen LogP contribution >= 0.6 is 0 Å². The number of benzene rings is 1. The van der Waals surface area contributed by atoms with Crippen molar-refractivity contribution in [2.45, 2.75) is 32.6 Å². The lowest BCUT2D eigenvalue weighted by molar-refractivity contribution is -0.130. The number of amides is 1. The molecule has 118 valence electrons. The van der Waals surface area contributed by atoms with E-state index in [1.807, 2.05) is 23.1 Å². The van der Waals surface area contributed by atoms with Crippen LogP contribution < -0.4 is 4.74 Å². The highest BCUT2D eigenvalue weighted by atomic mass is 16.5. The van der Waals surface area contributed by atoms with E-state index in [0.29, 0.717) is 6.42 Å². The molecule has 0 unspecified atom stereocenters. The first-order valence-electron chi connectivity index (χ1n) is 8.03. The van der Waals surface area contributed by atoms with Gasteiger partial charge in [-0.2, -0.15) is 0 Å². The molecule has 4 heteroatoms. The maximum atomic E-state index is 12.6. The van der Waals surface area contributed by atoms with Gasteiger partial charge in [0.1, 0.15) is 11.3 Å². The third-order valence-corrected chi connectivity index (χ3v) is 4.23. The molecule has 0 spiro atoms. The maximum absolute atomic E-state index is 12.6. The zero-order chi connectivity index (χ0) is 15.5. The molecule has 1 fully saturated rings. The topological polar surface area (TPSA) is 42.7 Å². The van der Waals surface area contributed by atoms with E-state index in [4.69, 9.17) is 9.15 Å². The highest BCUT2D eigenvalue weighted by Gasteiger charge is 2.26. The predicted octanol–water partition coefficient (Wildman–Crippen LogP) is 3.63. The van der Waals surface area contributed by atoms with E-state index in [9.17, 15) is 4.79 Å². The van der Waals surface area contributed by atoms with Crippen LogP contribution in [-0.2, 0) is 11.2 Å². The van der Waals surface area contributed by atoms with Crippen LogP contribution in [0.1, 0.15) is 31.7 Å². The lowest BCUT2D eigenvalue weighted by atomic mass is 10.1. The number of ether oxygens (including phenoxy) is 1. The van der Waals surface area contributed by atoms with Crippen LogP contribution in [0, 0.1) is 5.92 Å². The molecular weight excluding hydrogens is 278 g/mol. The summed E-state index contributed by atoms with van der Waals surface area (Å²) in [4.78, 5) is 14.6. The molecule has 0 aliphatic heterocycles. The van der Waals surface area contributed by atoms with Gasteiger partial charge in [-0.05, 0) is 37.3 Å². The third kappa shape index (κ3) is 3.26. The summed E-state index contributed by atoms with van der Waals surface area (Å²) in [5.41, 5.74) is 1.73. The zero-order valence-corrected chi connectivity index (χ0v) is 13.3. The Hall–Kier alpha value is -1.97. The van der Waals surface area contributed by atoms with Crippen molar-refractivity contribution in [3.8, 4) is 5.75 Å². The van der Waals surface area contributed by atoms with Gasteiger partial charge in [-0.15, -0.1) is 0 Å². The minimum Gasteiger partial charge on any atom is -0.497 e. The molecule has 1 aromatic heterocycles. The summed E-state index contributed by atoms with van der Waals surface area (Å²) in [5.74, 6) is 1.69. The van der Waals surface area contributed by atoms with Gasteiger partial charge in [0, 0.05) is 30.1 Å². The highest BCUT2D eigenvalue weighted by molar-refractivity contribution is 5.88. The van der Waals surface area contributed by atoms with E-state index < -0.39 is 0 Å². The van der Waals surface area contributed by atoms with E-state index in [2.05, 4.69) is 6.92 Å². The Morgan fingerprint density at radius 1 is 1.41 bits per heavy atom. The minimum atomic E-state index is 0.201. The van der Waals surface area contributed by atoms with Gasteiger partial charge >= 0.3 is 0 Å². The first-order valence-corrected chi connectivity index (χ1v) is 8.03. The van der Waals surface area contributed by atoms with Crippen molar-refractivity contribution in [2.24, 2.45) is 5.92 Å². The van der Waals surface area contributed by atoms with Crippen LogP contribution in [0.15, 0.2) is 28.9 Å². The molecule has 0 radical (unpaired) electrons. The molecule has 22 heavy (non-hydrogen) atoms. The molecule has 1 amide bonds. The molecule has 0 bridgehead atoms. The van der Waals surface area contributed by atoms with Crippen LogP contribution in [0.3, 0.4) is 0 Å². The summed E-state index contributed by atoms with van der Waals surface area (Å²) in [5, 5.41) is 0.997. The molecular formula is C18H23NO3. The average Bonchev–Trinajstić information content (AvgIpc) is 3.27. The third-order valence-electron chi connectivity index (χ3n) is 4.23. The average molecular weight is 301 g/mol. The van der Waals surface area contributed by atoms with Crippen LogP contribution in [0.4, 0.5) is 0 Å². The normalized spacial score (nSPS) is 14.3. The molecule has 1 aromatic carbocycles. The molecule has 1 saturated carbocycles. The van der Waals surface area contributed by atoms with E-state index in [1.54, 1.807) is 13.4 Å². The van der Waals surface area contributed by atoms with Gasteiger partial charge in [0.25, 0.3) is 0 Å². The van der Waals surface area contributed by atoms with Gasteiger partial charge in [-0.1, -0.05) is 6.92 Å². The van der Waals surface area contributed by atoms with Crippen LogP contribution in [0.25, 0.3) is 11.0 Å². The second-order valence-electron chi connectivity index (χ2n) is 6.08. The molecule has 0 atom stereocenters. The highest BCUT2D eigenvalue weighted by Crippen LogP contribution is 2.30. The van der Waals surface area contributed by atoms with Crippen molar-refractivity contribution in [3.05, 3.63) is 30.0 Å². The Morgan fingerprint density at radius 2 is 2.23 bits per heavy atom. The number of rotatable bonds is 7. The van der Waals surface area contributed by atoms with Gasteiger partial charge < -0.3 is 14.1 Å². The molecule has 0 N–H and O–H groups in total. The predicted molar refractivity (Wildman–Crippen MR) is 86.1 cm³/mol. The Labute approximate surface area is 131 Å². The van der Waals surface area contributed by atoms with Crippen LogP contribution in [-0.4, -0.2) is 31.0 Å². The fraction of sp³-hybridized carbons (Fsp3) is 0.500. The van der Waals surface area contributed by atoms with E-state index >= 15 is 0 Å². The van der Waals surface area contributed by atoms with Crippen molar-refractivity contribution < 1.29 is 13.9 Å². The second-order valence-corrected chi connectivity index (χ2v) is 6.08. The molecule has 1 aliphatic carbocycles. The fourth-order valence-corrected chi connectivity index (χ4v) is 2.80. The SMILES string of the molecule is CCCN(CC1CC1)C(=O)Cc1coc2cc(OC)ccc12. The maximum Gasteiger partial charge on any atom is 0.227 e. The van der Waals surface area contributed by atoms with Gasteiger partial charge in [-0.25, -0.2) is 0 Å². The van der Waals surface area contributed by atoms with E-state index in [-0.39, 0.29) is 5.91 Å². The molecule has 3 rings (SSSR count). The summed E-state index contributed by atoms with van der Waals surface area (Å²) in [6, 6.07) is 5.72. The molecule has 0 saturated heterocycles. The van der Waals surface area contributed by atoms with Crippen LogP contribution in [0.2, 0.25) is 0 Å². The van der Waals surface area contributed by atoms with E-state index in [1.165, 1.54) is 12.8 Å². The Morgan fingerprint density at radius 3 is 2.91 bits per heavy atom. The summed E-state index contributed by atoms with van der Waals surface area (Å²) in [6.07, 6.45) is 5.64. The standard InChI is InChI=1S/C18H23NO3/c1-3-8-19(11-13-4-5-13)18(20)9-14-12-22-17-10-15(21-2)6-7-16(14)17/h6-7,10,12-13H,3-5,8-9,11H2,1-2H3. The number of furan rings is 1. The number of carbonyl (C=O) groups excluding carboxylic acids is 1. The summed E-state index contributed by atoms with van der Waals surface area (Å²) in [7, 11) is 1.63. The Balaban J connectivity index is 1.74. The van der Waals surface area contributed by atoms with Gasteiger partial charge in [0.05, 0.1) is 19.8 Å². The van der Waals surface area contributed by atoms with Gasteiger partial charge in [-0.3, -0.25) is 4.79 Å². The first-order chi connectivity index (χ1) is 10.7. The number of carbonyl (C=O) groups is 1. The zero-order valence-electron chi connectivity index (χ0n) is 13.3. The second kappa shape index (κ2) is 6.42. The molecule has 4 nitrogen and oxygen atoms in total. The Bertz CT molecular complexity index is 657. The first kappa shape index (κ1) is 14.9. The molecule has 1 heterocycles. The molecule has 1 aliphatic rings. The number of hydrogen-bond acceptors (Lipinski definition) is 3. The number of hydrogen-bond donors (Lipinski definition) is 0. The van der Waals surface area contributed by atoms with Crippen molar-refractivity contribution in [1.29, 1.82) is 0 Å². The fourth-order valence-electron chi connectivity index (χ4n) is 2.80. The van der Waals surface area contributed by atoms with Crippen molar-refractivity contribution in [1.82, 2.24) is 4.90 Å². The number of methoxy groups -OCH3 is 1.